The Balaban J connectivity index is 1.80. The summed E-state index contributed by atoms with van der Waals surface area (Å²) in [5, 5.41) is 4.04. The first kappa shape index (κ1) is 26.4. The third-order valence-corrected chi connectivity index (χ3v) is 7.32. The molecule has 2 amide bonds. The summed E-state index contributed by atoms with van der Waals surface area (Å²) in [6.07, 6.45) is 5.92. The molecule has 1 unspecified atom stereocenters. The van der Waals surface area contributed by atoms with Gasteiger partial charge in [-0.1, -0.05) is 67.6 Å². The first-order chi connectivity index (χ1) is 16.3. The van der Waals surface area contributed by atoms with Crippen LogP contribution in [-0.2, 0) is 16.1 Å². The fourth-order valence-electron chi connectivity index (χ4n) is 4.40. The highest BCUT2D eigenvalue weighted by atomic mass is 35.5. The van der Waals surface area contributed by atoms with Gasteiger partial charge >= 0.3 is 0 Å². The van der Waals surface area contributed by atoms with Gasteiger partial charge in [-0.05, 0) is 68.0 Å². The minimum atomic E-state index is -0.605. The number of ether oxygens (including phenoxy) is 1. The Kier molecular flexibility index (Phi) is 9.66. The summed E-state index contributed by atoms with van der Waals surface area (Å²) >= 11 is 12.3. The van der Waals surface area contributed by atoms with E-state index in [4.69, 9.17) is 27.9 Å². The molecule has 1 saturated carbocycles. The average molecular weight is 505 g/mol. The Labute approximate surface area is 212 Å². The molecule has 7 heteroatoms. The second kappa shape index (κ2) is 12.5. The van der Waals surface area contributed by atoms with Gasteiger partial charge in [0.25, 0.3) is 5.91 Å². The summed E-state index contributed by atoms with van der Waals surface area (Å²) in [5.74, 6) is 0.301. The van der Waals surface area contributed by atoms with E-state index in [0.29, 0.717) is 22.2 Å². The fraction of sp³-hybridized carbons (Fsp3) is 0.481. The van der Waals surface area contributed by atoms with E-state index in [0.717, 1.165) is 42.4 Å². The van der Waals surface area contributed by atoms with Crippen LogP contribution in [0.4, 0.5) is 0 Å². The summed E-state index contributed by atoms with van der Waals surface area (Å²) in [7, 11) is 0. The lowest BCUT2D eigenvalue weighted by atomic mass is 9.95. The van der Waals surface area contributed by atoms with Crippen LogP contribution in [0.2, 0.25) is 10.0 Å². The molecule has 0 aliphatic heterocycles. The lowest BCUT2D eigenvalue weighted by molar-refractivity contribution is -0.143. The first-order valence-electron chi connectivity index (χ1n) is 12.0. The van der Waals surface area contributed by atoms with Crippen molar-refractivity contribution in [2.75, 3.05) is 6.61 Å². The molecule has 1 N–H and O–H groups in total. The zero-order valence-corrected chi connectivity index (χ0v) is 21.7. The Bertz CT molecular complexity index is 1010. The molecule has 0 bridgehead atoms. The average Bonchev–Trinajstić information content (AvgIpc) is 2.82. The number of carbonyl (C=O) groups excluding carboxylic acids is 2. The smallest absolute Gasteiger partial charge is 0.261 e. The highest BCUT2D eigenvalue weighted by Crippen LogP contribution is 2.25. The molecule has 1 aliphatic carbocycles. The minimum Gasteiger partial charge on any atom is -0.483 e. The number of benzene rings is 2. The van der Waals surface area contributed by atoms with Crippen molar-refractivity contribution >= 4 is 35.0 Å². The van der Waals surface area contributed by atoms with Gasteiger partial charge in [-0.2, -0.15) is 0 Å². The molecule has 0 spiro atoms. The van der Waals surface area contributed by atoms with E-state index < -0.39 is 6.04 Å². The van der Waals surface area contributed by atoms with Crippen molar-refractivity contribution in [2.24, 2.45) is 0 Å². The topological polar surface area (TPSA) is 58.6 Å². The summed E-state index contributed by atoms with van der Waals surface area (Å²) in [5.41, 5.74) is 2.89. The maximum Gasteiger partial charge on any atom is 0.261 e. The van der Waals surface area contributed by atoms with Gasteiger partial charge in [0.05, 0.1) is 10.0 Å². The number of nitrogens with one attached hydrogen (secondary N) is 1. The largest absolute Gasteiger partial charge is 0.483 e. The van der Waals surface area contributed by atoms with E-state index in [-0.39, 0.29) is 31.0 Å². The van der Waals surface area contributed by atoms with Crippen molar-refractivity contribution in [1.82, 2.24) is 10.2 Å². The number of hydrogen-bond acceptors (Lipinski definition) is 3. The van der Waals surface area contributed by atoms with Crippen molar-refractivity contribution in [1.29, 1.82) is 0 Å². The lowest BCUT2D eigenvalue weighted by Gasteiger charge is -2.32. The van der Waals surface area contributed by atoms with Crippen molar-refractivity contribution in [3.63, 3.8) is 0 Å². The predicted octanol–water partition coefficient (Wildman–Crippen LogP) is 6.25. The highest BCUT2D eigenvalue weighted by Gasteiger charge is 2.30. The zero-order valence-electron chi connectivity index (χ0n) is 20.2. The van der Waals surface area contributed by atoms with Crippen LogP contribution in [0.25, 0.3) is 0 Å². The SMILES string of the molecule is CCC(C(=O)NC1CCCCC1)N(Cc1ccc(Cl)c(Cl)c1)C(=O)COc1cccc(C)c1C. The van der Waals surface area contributed by atoms with E-state index in [9.17, 15) is 9.59 Å². The second-order valence-corrected chi connectivity index (χ2v) is 9.84. The Morgan fingerprint density at radius 1 is 1.09 bits per heavy atom. The molecule has 0 saturated heterocycles. The van der Waals surface area contributed by atoms with Crippen LogP contribution in [0.3, 0.4) is 0 Å². The number of rotatable bonds is 9. The molecule has 1 atom stereocenters. The third kappa shape index (κ3) is 6.89. The van der Waals surface area contributed by atoms with E-state index >= 15 is 0 Å². The summed E-state index contributed by atoms with van der Waals surface area (Å²) in [4.78, 5) is 28.3. The van der Waals surface area contributed by atoms with Crippen molar-refractivity contribution in [2.45, 2.75) is 77.9 Å². The molecule has 1 aliphatic rings. The van der Waals surface area contributed by atoms with Crippen LogP contribution in [0.5, 0.6) is 5.75 Å². The summed E-state index contributed by atoms with van der Waals surface area (Å²) in [6.45, 7) is 5.98. The lowest BCUT2D eigenvalue weighted by Crippen LogP contribution is -2.52. The molecule has 3 rings (SSSR count). The third-order valence-electron chi connectivity index (χ3n) is 6.58. The zero-order chi connectivity index (χ0) is 24.7. The van der Waals surface area contributed by atoms with Crippen molar-refractivity contribution in [3.05, 3.63) is 63.1 Å². The standard InChI is InChI=1S/C27H34Cl2N2O3/c1-4-24(27(33)30-21-10-6-5-7-11-21)31(16-20-13-14-22(28)23(29)15-20)26(32)17-34-25-12-8-9-18(2)19(25)3/h8-9,12-15,21,24H,4-7,10-11,16-17H2,1-3H3,(H,30,33). The molecule has 0 radical (unpaired) electrons. The maximum absolute atomic E-state index is 13.4. The molecule has 184 valence electrons. The molecule has 1 fully saturated rings. The van der Waals surface area contributed by atoms with Gasteiger partial charge in [0, 0.05) is 12.6 Å². The van der Waals surface area contributed by atoms with Crippen LogP contribution in [0, 0.1) is 13.8 Å². The Morgan fingerprint density at radius 2 is 1.82 bits per heavy atom. The van der Waals surface area contributed by atoms with Crippen molar-refractivity contribution < 1.29 is 14.3 Å². The Hall–Kier alpha value is -2.24. The van der Waals surface area contributed by atoms with Gasteiger partial charge in [-0.3, -0.25) is 9.59 Å². The van der Waals surface area contributed by atoms with E-state index in [1.54, 1.807) is 17.0 Å². The molecule has 5 nitrogen and oxygen atoms in total. The number of aryl methyl sites for hydroxylation is 1. The van der Waals surface area contributed by atoms with Gasteiger partial charge in [-0.15, -0.1) is 0 Å². The fourth-order valence-corrected chi connectivity index (χ4v) is 4.72. The number of amides is 2. The predicted molar refractivity (Wildman–Crippen MR) is 138 cm³/mol. The van der Waals surface area contributed by atoms with E-state index in [1.807, 2.05) is 45.0 Å². The van der Waals surface area contributed by atoms with Crippen LogP contribution in [-0.4, -0.2) is 35.4 Å². The first-order valence-corrected chi connectivity index (χ1v) is 12.8. The molecule has 2 aromatic rings. The highest BCUT2D eigenvalue weighted by molar-refractivity contribution is 6.42. The van der Waals surface area contributed by atoms with E-state index in [1.165, 1.54) is 6.42 Å². The van der Waals surface area contributed by atoms with Crippen LogP contribution in [0.15, 0.2) is 36.4 Å². The maximum atomic E-state index is 13.4. The van der Waals surface area contributed by atoms with E-state index in [2.05, 4.69) is 5.32 Å². The minimum absolute atomic E-state index is 0.116. The molecular weight excluding hydrogens is 471 g/mol. The van der Waals surface area contributed by atoms with Crippen LogP contribution in [0.1, 0.15) is 62.1 Å². The number of halogens is 2. The normalized spacial score (nSPS) is 15.0. The van der Waals surface area contributed by atoms with Crippen LogP contribution < -0.4 is 10.1 Å². The van der Waals surface area contributed by atoms with Gasteiger partial charge in [0.2, 0.25) is 5.91 Å². The van der Waals surface area contributed by atoms with Gasteiger partial charge in [-0.25, -0.2) is 0 Å². The molecule has 34 heavy (non-hydrogen) atoms. The van der Waals surface area contributed by atoms with Crippen LogP contribution >= 0.6 is 23.2 Å². The Morgan fingerprint density at radius 3 is 2.50 bits per heavy atom. The molecular formula is C27H34Cl2N2O3. The van der Waals surface area contributed by atoms with Crippen molar-refractivity contribution in [3.8, 4) is 5.75 Å². The number of nitrogens with zero attached hydrogens (tertiary/aromatic N) is 1. The second-order valence-electron chi connectivity index (χ2n) is 9.02. The summed E-state index contributed by atoms with van der Waals surface area (Å²) in [6, 6.07) is 10.6. The molecule has 0 aromatic heterocycles. The number of hydrogen-bond donors (Lipinski definition) is 1. The molecule has 0 heterocycles. The molecule has 2 aromatic carbocycles. The van der Waals surface area contributed by atoms with Gasteiger partial charge < -0.3 is 15.0 Å². The quantitative estimate of drug-likeness (QED) is 0.439. The number of carbonyl (C=O) groups is 2. The monoisotopic (exact) mass is 504 g/mol. The summed E-state index contributed by atoms with van der Waals surface area (Å²) < 4.78 is 5.90. The van der Waals surface area contributed by atoms with Gasteiger partial charge in [0.15, 0.2) is 6.61 Å². The van der Waals surface area contributed by atoms with Gasteiger partial charge in [0.1, 0.15) is 11.8 Å².